The van der Waals surface area contributed by atoms with Crippen LogP contribution in [-0.4, -0.2) is 60.3 Å². The Kier molecular flexibility index (Phi) is 4.11. The quantitative estimate of drug-likeness (QED) is 0.810. The molecule has 1 saturated heterocycles. The van der Waals surface area contributed by atoms with E-state index >= 15 is 0 Å². The zero-order valence-electron chi connectivity index (χ0n) is 11.6. The van der Waals surface area contributed by atoms with Gasteiger partial charge in [-0.2, -0.15) is 4.31 Å². The maximum absolute atomic E-state index is 12.5. The molecule has 2 rings (SSSR count). The minimum atomic E-state index is -3.98. The minimum Gasteiger partial charge on any atom is -0.475 e. The molecule has 2 heterocycles. The van der Waals surface area contributed by atoms with Gasteiger partial charge in [0.05, 0.1) is 18.3 Å². The second-order valence-electron chi connectivity index (χ2n) is 5.40. The van der Waals surface area contributed by atoms with E-state index in [0.29, 0.717) is 0 Å². The Morgan fingerprint density at radius 2 is 2.14 bits per heavy atom. The highest BCUT2D eigenvalue weighted by molar-refractivity contribution is 7.89. The summed E-state index contributed by atoms with van der Waals surface area (Å²) in [6, 6.07) is 2.19. The van der Waals surface area contributed by atoms with Crippen LogP contribution in [0.25, 0.3) is 0 Å². The topological polar surface area (TPSA) is 117 Å². The summed E-state index contributed by atoms with van der Waals surface area (Å²) in [6.45, 7) is 3.17. The Hall–Kier alpha value is -1.42. The minimum absolute atomic E-state index is 0.0225. The van der Waals surface area contributed by atoms with Crippen LogP contribution in [0.15, 0.2) is 21.6 Å². The van der Waals surface area contributed by atoms with Crippen molar-refractivity contribution in [3.63, 3.8) is 0 Å². The fourth-order valence-corrected chi connectivity index (χ4v) is 3.75. The molecule has 1 atom stereocenters. The molecule has 0 saturated carbocycles. The molecular formula is C12H17NO7S. The summed E-state index contributed by atoms with van der Waals surface area (Å²) in [6.07, 6.45) is -0.641. The van der Waals surface area contributed by atoms with E-state index in [0.717, 1.165) is 16.4 Å². The molecule has 1 unspecified atom stereocenters. The van der Waals surface area contributed by atoms with Crippen LogP contribution in [-0.2, 0) is 14.8 Å². The second-order valence-corrected chi connectivity index (χ2v) is 7.27. The number of rotatable bonds is 4. The normalized spacial score (nSPS) is 23.1. The average molecular weight is 319 g/mol. The van der Waals surface area contributed by atoms with E-state index in [4.69, 9.17) is 14.3 Å². The molecule has 118 valence electrons. The maximum Gasteiger partial charge on any atom is 0.371 e. The van der Waals surface area contributed by atoms with Crippen molar-refractivity contribution < 1.29 is 32.6 Å². The number of hydrogen-bond acceptors (Lipinski definition) is 6. The average Bonchev–Trinajstić information content (AvgIpc) is 2.87. The molecule has 1 fully saturated rings. The number of aromatic carboxylic acids is 1. The number of carbonyl (C=O) groups is 1. The summed E-state index contributed by atoms with van der Waals surface area (Å²) in [4.78, 5) is 10.8. The van der Waals surface area contributed by atoms with Crippen molar-refractivity contribution in [1.29, 1.82) is 0 Å². The monoisotopic (exact) mass is 319 g/mol. The summed E-state index contributed by atoms with van der Waals surface area (Å²) in [7, 11) is -3.98. The molecule has 1 aliphatic heterocycles. The first-order chi connectivity index (χ1) is 9.65. The summed E-state index contributed by atoms with van der Waals surface area (Å²) < 4.78 is 36.5. The summed E-state index contributed by atoms with van der Waals surface area (Å²) in [5.41, 5.74) is -0.763. The first kappa shape index (κ1) is 16.0. The number of hydrogen-bond donors (Lipinski definition) is 2. The molecule has 1 aromatic rings. The highest BCUT2D eigenvalue weighted by Crippen LogP contribution is 2.27. The summed E-state index contributed by atoms with van der Waals surface area (Å²) in [5, 5.41) is 17.6. The molecule has 21 heavy (non-hydrogen) atoms. The van der Waals surface area contributed by atoms with E-state index < -0.39 is 38.6 Å². The van der Waals surface area contributed by atoms with Gasteiger partial charge in [0.25, 0.3) is 10.0 Å². The van der Waals surface area contributed by atoms with Crippen molar-refractivity contribution >= 4 is 16.0 Å². The van der Waals surface area contributed by atoms with E-state index in [1.807, 2.05) is 0 Å². The van der Waals surface area contributed by atoms with E-state index in [2.05, 4.69) is 0 Å². The highest BCUT2D eigenvalue weighted by Gasteiger charge is 2.40. The fraction of sp³-hybridized carbons (Fsp3) is 0.583. The highest BCUT2D eigenvalue weighted by atomic mass is 32.2. The predicted molar refractivity (Wildman–Crippen MR) is 70.5 cm³/mol. The number of aliphatic hydroxyl groups is 1. The van der Waals surface area contributed by atoms with Crippen LogP contribution in [0.4, 0.5) is 0 Å². The molecule has 0 bridgehead atoms. The lowest BCUT2D eigenvalue weighted by atomic mass is 10.1. The summed E-state index contributed by atoms with van der Waals surface area (Å²) >= 11 is 0. The third-order valence-electron chi connectivity index (χ3n) is 3.04. The fourth-order valence-electron chi connectivity index (χ4n) is 2.22. The van der Waals surface area contributed by atoms with Crippen molar-refractivity contribution in [2.24, 2.45) is 0 Å². The largest absolute Gasteiger partial charge is 0.475 e. The lowest BCUT2D eigenvalue weighted by Crippen LogP contribution is -2.55. The molecule has 8 nitrogen and oxygen atoms in total. The Bertz CT molecular complexity index is 634. The van der Waals surface area contributed by atoms with Crippen LogP contribution < -0.4 is 0 Å². The Balaban J connectivity index is 2.31. The third kappa shape index (κ3) is 3.26. The van der Waals surface area contributed by atoms with Crippen LogP contribution in [0, 0.1) is 0 Å². The van der Waals surface area contributed by atoms with Gasteiger partial charge in [-0.3, -0.25) is 0 Å². The Morgan fingerprint density at radius 3 is 2.67 bits per heavy atom. The molecule has 0 amide bonds. The number of ether oxygens (including phenoxy) is 1. The van der Waals surface area contributed by atoms with Crippen molar-refractivity contribution in [2.45, 2.75) is 30.6 Å². The Labute approximate surface area is 122 Å². The van der Waals surface area contributed by atoms with Crippen molar-refractivity contribution in [2.75, 3.05) is 19.7 Å². The van der Waals surface area contributed by atoms with Gasteiger partial charge in [-0.1, -0.05) is 0 Å². The van der Waals surface area contributed by atoms with E-state index in [9.17, 15) is 18.3 Å². The van der Waals surface area contributed by atoms with Crippen LogP contribution in [0.2, 0.25) is 0 Å². The zero-order valence-corrected chi connectivity index (χ0v) is 12.5. The Morgan fingerprint density at radius 1 is 1.48 bits per heavy atom. The number of carboxylic acid groups (broad SMARTS) is 1. The number of aliphatic hydroxyl groups excluding tert-OH is 1. The van der Waals surface area contributed by atoms with Gasteiger partial charge in [-0.05, 0) is 26.0 Å². The smallest absolute Gasteiger partial charge is 0.371 e. The van der Waals surface area contributed by atoms with Gasteiger partial charge in [-0.25, -0.2) is 13.2 Å². The van der Waals surface area contributed by atoms with Crippen LogP contribution in [0.5, 0.6) is 0 Å². The van der Waals surface area contributed by atoms with E-state index in [1.54, 1.807) is 13.8 Å². The molecule has 0 aromatic carbocycles. The number of furan rings is 1. The van der Waals surface area contributed by atoms with Crippen LogP contribution in [0.1, 0.15) is 24.4 Å². The second kappa shape index (κ2) is 5.41. The molecule has 2 N–H and O–H groups in total. The van der Waals surface area contributed by atoms with Crippen LogP contribution >= 0.6 is 0 Å². The van der Waals surface area contributed by atoms with Gasteiger partial charge in [0, 0.05) is 13.1 Å². The SMILES string of the molecule is CC1(C)CN(S(=O)(=O)c2ccc(C(=O)O)o2)CC(CO)O1. The van der Waals surface area contributed by atoms with E-state index in [-0.39, 0.29) is 19.7 Å². The molecule has 0 radical (unpaired) electrons. The zero-order chi connectivity index (χ0) is 15.8. The van der Waals surface area contributed by atoms with E-state index in [1.165, 1.54) is 0 Å². The number of nitrogens with zero attached hydrogens (tertiary/aromatic N) is 1. The molecule has 0 spiro atoms. The first-order valence-electron chi connectivity index (χ1n) is 6.28. The van der Waals surface area contributed by atoms with Gasteiger partial charge in [0.15, 0.2) is 0 Å². The number of morpholine rings is 1. The van der Waals surface area contributed by atoms with Gasteiger partial charge in [-0.15, -0.1) is 0 Å². The van der Waals surface area contributed by atoms with Gasteiger partial charge >= 0.3 is 5.97 Å². The van der Waals surface area contributed by atoms with Gasteiger partial charge in [0.1, 0.15) is 0 Å². The van der Waals surface area contributed by atoms with Crippen molar-refractivity contribution in [3.8, 4) is 0 Å². The summed E-state index contributed by atoms with van der Waals surface area (Å²) in [5.74, 6) is -1.79. The third-order valence-corrected chi connectivity index (χ3v) is 4.73. The van der Waals surface area contributed by atoms with Gasteiger partial charge in [0.2, 0.25) is 10.9 Å². The number of sulfonamides is 1. The lowest BCUT2D eigenvalue weighted by molar-refractivity contribution is -0.131. The molecular weight excluding hydrogens is 302 g/mol. The van der Waals surface area contributed by atoms with Crippen molar-refractivity contribution in [3.05, 3.63) is 17.9 Å². The van der Waals surface area contributed by atoms with Crippen LogP contribution in [0.3, 0.4) is 0 Å². The molecule has 1 aromatic heterocycles. The molecule has 0 aliphatic carbocycles. The maximum atomic E-state index is 12.5. The predicted octanol–water partition coefficient (Wildman–Crippen LogP) is 0.138. The van der Waals surface area contributed by atoms with Gasteiger partial charge < -0.3 is 19.4 Å². The standard InChI is InChI=1S/C12H17NO7S/c1-12(2)7-13(5-8(6-14)20-12)21(17,18)10-4-3-9(19-10)11(15)16/h3-4,8,14H,5-7H2,1-2H3,(H,15,16). The number of carboxylic acids is 1. The lowest BCUT2D eigenvalue weighted by Gasteiger charge is -2.41. The van der Waals surface area contributed by atoms with Crippen molar-refractivity contribution in [1.82, 2.24) is 4.31 Å². The molecule has 1 aliphatic rings. The molecule has 9 heteroatoms. The first-order valence-corrected chi connectivity index (χ1v) is 7.72.